The lowest BCUT2D eigenvalue weighted by atomic mass is 10.2. The van der Waals surface area contributed by atoms with Crippen molar-refractivity contribution in [1.82, 2.24) is 0 Å². The molecule has 0 aliphatic heterocycles. The maximum Gasteiger partial charge on any atom is 0.306 e. The molecular weight excluding hydrogens is 391 g/mol. The molecule has 0 unspecified atom stereocenters. The van der Waals surface area contributed by atoms with E-state index in [1.807, 2.05) is 0 Å². The van der Waals surface area contributed by atoms with E-state index in [4.69, 9.17) is 27.9 Å². The molecule has 0 fully saturated rings. The number of rotatable bonds is 8. The molecule has 27 heavy (non-hydrogen) atoms. The normalized spacial score (nSPS) is 10.1. The summed E-state index contributed by atoms with van der Waals surface area (Å²) in [4.78, 5) is 35.2. The van der Waals surface area contributed by atoms with Crippen LogP contribution in [0.25, 0.3) is 0 Å². The van der Waals surface area contributed by atoms with Gasteiger partial charge in [0.2, 0.25) is 5.91 Å². The Morgan fingerprint density at radius 3 is 2.22 bits per heavy atom. The Labute approximate surface area is 166 Å². The Balaban J connectivity index is 1.62. The van der Waals surface area contributed by atoms with Crippen LogP contribution in [-0.2, 0) is 19.1 Å². The van der Waals surface area contributed by atoms with Gasteiger partial charge in [-0.25, -0.2) is 0 Å². The predicted molar refractivity (Wildman–Crippen MR) is 105 cm³/mol. The van der Waals surface area contributed by atoms with Crippen molar-refractivity contribution in [2.75, 3.05) is 17.2 Å². The molecule has 0 aliphatic rings. The molecule has 0 spiro atoms. The molecule has 2 aromatic rings. The molecule has 0 radical (unpaired) electrons. The van der Waals surface area contributed by atoms with Crippen molar-refractivity contribution in [3.8, 4) is 0 Å². The maximum atomic E-state index is 11.8. The largest absolute Gasteiger partial charge is 0.456 e. The molecular formula is C19H18Cl2N2O4. The maximum absolute atomic E-state index is 11.8. The van der Waals surface area contributed by atoms with E-state index < -0.39 is 18.5 Å². The second-order valence-electron chi connectivity index (χ2n) is 5.63. The quantitative estimate of drug-likeness (QED) is 0.638. The lowest BCUT2D eigenvalue weighted by Crippen LogP contribution is -2.21. The Hall–Kier alpha value is -2.57. The summed E-state index contributed by atoms with van der Waals surface area (Å²) >= 11 is 11.6. The van der Waals surface area contributed by atoms with Gasteiger partial charge in [0.1, 0.15) is 0 Å². The van der Waals surface area contributed by atoms with Crippen LogP contribution in [-0.4, -0.2) is 24.4 Å². The first-order valence-corrected chi connectivity index (χ1v) is 8.94. The van der Waals surface area contributed by atoms with E-state index >= 15 is 0 Å². The summed E-state index contributed by atoms with van der Waals surface area (Å²) in [6.07, 6.45) is 0.513. The van der Waals surface area contributed by atoms with Gasteiger partial charge in [-0.15, -0.1) is 0 Å². The minimum Gasteiger partial charge on any atom is -0.456 e. The van der Waals surface area contributed by atoms with Gasteiger partial charge in [0, 0.05) is 34.3 Å². The molecule has 2 aromatic carbocycles. The van der Waals surface area contributed by atoms with Crippen LogP contribution in [0.2, 0.25) is 10.0 Å². The monoisotopic (exact) mass is 408 g/mol. The van der Waals surface area contributed by atoms with Crippen molar-refractivity contribution >= 4 is 52.4 Å². The van der Waals surface area contributed by atoms with Crippen LogP contribution >= 0.6 is 23.2 Å². The fourth-order valence-corrected chi connectivity index (χ4v) is 2.45. The zero-order valence-electron chi connectivity index (χ0n) is 14.3. The molecule has 142 valence electrons. The van der Waals surface area contributed by atoms with Crippen LogP contribution in [0.1, 0.15) is 19.3 Å². The third-order valence-electron chi connectivity index (χ3n) is 3.39. The smallest absolute Gasteiger partial charge is 0.306 e. The number of amides is 2. The Bertz CT molecular complexity index is 810. The molecule has 8 heteroatoms. The highest BCUT2D eigenvalue weighted by Gasteiger charge is 2.10. The van der Waals surface area contributed by atoms with Gasteiger partial charge in [0.15, 0.2) is 6.61 Å². The van der Waals surface area contributed by atoms with Gasteiger partial charge in [0.25, 0.3) is 5.91 Å². The van der Waals surface area contributed by atoms with Crippen LogP contribution in [0.4, 0.5) is 11.4 Å². The van der Waals surface area contributed by atoms with E-state index in [9.17, 15) is 14.4 Å². The molecule has 0 aromatic heterocycles. The van der Waals surface area contributed by atoms with Crippen molar-refractivity contribution in [3.05, 3.63) is 58.6 Å². The van der Waals surface area contributed by atoms with Crippen molar-refractivity contribution in [2.45, 2.75) is 19.3 Å². The number of halogens is 2. The Morgan fingerprint density at radius 1 is 0.815 bits per heavy atom. The third kappa shape index (κ3) is 8.11. The SMILES string of the molecule is O=C(CCCC(=O)OCC(=O)Nc1cccc(Cl)c1)Nc1ccc(Cl)cc1. The average Bonchev–Trinajstić information content (AvgIpc) is 2.62. The summed E-state index contributed by atoms with van der Waals surface area (Å²) in [5.74, 6) is -1.23. The molecule has 2 amide bonds. The summed E-state index contributed by atoms with van der Waals surface area (Å²) in [5, 5.41) is 6.34. The summed E-state index contributed by atoms with van der Waals surface area (Å²) in [7, 11) is 0. The molecule has 2 N–H and O–H groups in total. The Morgan fingerprint density at radius 2 is 1.52 bits per heavy atom. The summed E-state index contributed by atoms with van der Waals surface area (Å²) in [5.41, 5.74) is 1.15. The molecule has 0 saturated heterocycles. The summed E-state index contributed by atoms with van der Waals surface area (Å²) in [6, 6.07) is 13.3. The fourth-order valence-electron chi connectivity index (χ4n) is 2.13. The number of carbonyl (C=O) groups is 3. The number of carbonyl (C=O) groups excluding carboxylic acids is 3. The first kappa shape index (κ1) is 20.7. The number of hydrogen-bond donors (Lipinski definition) is 2. The van der Waals surface area contributed by atoms with E-state index in [1.54, 1.807) is 48.5 Å². The standard InChI is InChI=1S/C19H18Cl2N2O4/c20-13-7-9-15(10-8-13)22-17(24)5-2-6-19(26)27-12-18(25)23-16-4-1-3-14(21)11-16/h1,3-4,7-11H,2,5-6,12H2,(H,22,24)(H,23,25). The molecule has 0 saturated carbocycles. The third-order valence-corrected chi connectivity index (χ3v) is 3.87. The summed E-state index contributed by atoms with van der Waals surface area (Å²) in [6.45, 7) is -0.400. The molecule has 0 aliphatic carbocycles. The van der Waals surface area contributed by atoms with Crippen molar-refractivity contribution in [2.24, 2.45) is 0 Å². The van der Waals surface area contributed by atoms with Gasteiger partial charge in [-0.2, -0.15) is 0 Å². The van der Waals surface area contributed by atoms with Crippen LogP contribution in [0.3, 0.4) is 0 Å². The van der Waals surface area contributed by atoms with Crippen LogP contribution < -0.4 is 10.6 Å². The van der Waals surface area contributed by atoms with E-state index in [2.05, 4.69) is 10.6 Å². The first-order chi connectivity index (χ1) is 12.9. The number of esters is 1. The predicted octanol–water partition coefficient (Wildman–Crippen LogP) is 4.28. The van der Waals surface area contributed by atoms with Gasteiger partial charge in [-0.05, 0) is 48.9 Å². The van der Waals surface area contributed by atoms with Gasteiger partial charge in [0.05, 0.1) is 0 Å². The topological polar surface area (TPSA) is 84.5 Å². The highest BCUT2D eigenvalue weighted by atomic mass is 35.5. The first-order valence-electron chi connectivity index (χ1n) is 8.19. The highest BCUT2D eigenvalue weighted by molar-refractivity contribution is 6.31. The summed E-state index contributed by atoms with van der Waals surface area (Å²) < 4.78 is 4.89. The zero-order valence-corrected chi connectivity index (χ0v) is 15.8. The van der Waals surface area contributed by atoms with Crippen LogP contribution in [0, 0.1) is 0 Å². The highest BCUT2D eigenvalue weighted by Crippen LogP contribution is 2.15. The lowest BCUT2D eigenvalue weighted by Gasteiger charge is -2.07. The number of nitrogens with one attached hydrogen (secondary N) is 2. The van der Waals surface area contributed by atoms with Gasteiger partial charge in [-0.1, -0.05) is 29.3 Å². The minimum atomic E-state index is -0.546. The van der Waals surface area contributed by atoms with Crippen molar-refractivity contribution in [3.63, 3.8) is 0 Å². The van der Waals surface area contributed by atoms with Gasteiger partial charge >= 0.3 is 5.97 Å². The number of ether oxygens (including phenoxy) is 1. The zero-order chi connectivity index (χ0) is 19.6. The van der Waals surface area contributed by atoms with E-state index in [1.165, 1.54) is 0 Å². The number of benzene rings is 2. The van der Waals surface area contributed by atoms with Crippen LogP contribution in [0.5, 0.6) is 0 Å². The Kier molecular flexibility index (Phi) is 8.10. The van der Waals surface area contributed by atoms with Crippen molar-refractivity contribution < 1.29 is 19.1 Å². The fraction of sp³-hybridized carbons (Fsp3) is 0.211. The van der Waals surface area contributed by atoms with E-state index in [-0.39, 0.29) is 18.7 Å². The van der Waals surface area contributed by atoms with E-state index in [0.29, 0.717) is 27.8 Å². The molecule has 6 nitrogen and oxygen atoms in total. The van der Waals surface area contributed by atoms with Crippen LogP contribution in [0.15, 0.2) is 48.5 Å². The second-order valence-corrected chi connectivity index (χ2v) is 6.50. The lowest BCUT2D eigenvalue weighted by molar-refractivity contribution is -0.147. The second kappa shape index (κ2) is 10.5. The average molecular weight is 409 g/mol. The minimum absolute atomic E-state index is 0.0402. The molecule has 0 heterocycles. The molecule has 2 rings (SSSR count). The molecule has 0 bridgehead atoms. The number of anilines is 2. The van der Waals surface area contributed by atoms with Crippen molar-refractivity contribution in [1.29, 1.82) is 0 Å². The number of hydrogen-bond acceptors (Lipinski definition) is 4. The van der Waals surface area contributed by atoms with Gasteiger partial charge in [-0.3, -0.25) is 14.4 Å². The molecule has 0 atom stereocenters. The van der Waals surface area contributed by atoms with E-state index in [0.717, 1.165) is 0 Å². The van der Waals surface area contributed by atoms with Gasteiger partial charge < -0.3 is 15.4 Å².